The Morgan fingerprint density at radius 2 is 2.26 bits per heavy atom. The molecule has 0 spiro atoms. The lowest BCUT2D eigenvalue weighted by molar-refractivity contribution is -0.122. The van der Waals surface area contributed by atoms with Gasteiger partial charge in [-0.1, -0.05) is 29.8 Å². The van der Waals surface area contributed by atoms with E-state index < -0.39 is 0 Å². The molecular formula is C14H20ClN3O. The number of likely N-dealkylation sites (N-methyl/N-ethyl adjacent to an activating group) is 1. The first-order valence-electron chi connectivity index (χ1n) is 6.58. The lowest BCUT2D eigenvalue weighted by atomic mass is 10.2. The predicted molar refractivity (Wildman–Crippen MR) is 77.2 cm³/mol. The van der Waals surface area contributed by atoms with Gasteiger partial charge >= 0.3 is 0 Å². The van der Waals surface area contributed by atoms with Gasteiger partial charge in [-0.15, -0.1) is 0 Å². The number of amides is 1. The monoisotopic (exact) mass is 281 g/mol. The van der Waals surface area contributed by atoms with Crippen molar-refractivity contribution >= 4 is 17.5 Å². The van der Waals surface area contributed by atoms with Gasteiger partial charge in [-0.2, -0.15) is 0 Å². The molecule has 2 N–H and O–H groups in total. The van der Waals surface area contributed by atoms with Crippen LogP contribution in [-0.2, 0) is 11.3 Å². The van der Waals surface area contributed by atoms with Crippen LogP contribution in [0.1, 0.15) is 12.0 Å². The first-order valence-corrected chi connectivity index (χ1v) is 6.96. The smallest absolute Gasteiger partial charge is 0.234 e. The molecule has 0 radical (unpaired) electrons. The molecular weight excluding hydrogens is 262 g/mol. The van der Waals surface area contributed by atoms with E-state index in [1.807, 2.05) is 31.3 Å². The number of rotatable bonds is 5. The van der Waals surface area contributed by atoms with Gasteiger partial charge in [0.1, 0.15) is 0 Å². The molecule has 0 aliphatic carbocycles. The zero-order chi connectivity index (χ0) is 13.7. The van der Waals surface area contributed by atoms with Crippen LogP contribution in [0.25, 0.3) is 0 Å². The predicted octanol–water partition coefficient (Wildman–Crippen LogP) is 1.25. The summed E-state index contributed by atoms with van der Waals surface area (Å²) in [5.41, 5.74) is 0.951. The quantitative estimate of drug-likeness (QED) is 0.854. The fraction of sp³-hybridized carbons (Fsp3) is 0.500. The van der Waals surface area contributed by atoms with Crippen molar-refractivity contribution in [3.05, 3.63) is 34.9 Å². The minimum atomic E-state index is 0.0525. The number of benzene rings is 1. The molecule has 2 rings (SSSR count). The SMILES string of the molecule is CNC1CCN(CC(=O)NCc2ccccc2Cl)C1. The van der Waals surface area contributed by atoms with Crippen molar-refractivity contribution in [2.75, 3.05) is 26.7 Å². The maximum absolute atomic E-state index is 11.9. The summed E-state index contributed by atoms with van der Waals surface area (Å²) in [4.78, 5) is 14.0. The van der Waals surface area contributed by atoms with E-state index in [9.17, 15) is 4.79 Å². The zero-order valence-electron chi connectivity index (χ0n) is 11.2. The second-order valence-electron chi connectivity index (χ2n) is 4.88. The van der Waals surface area contributed by atoms with Crippen molar-refractivity contribution in [2.24, 2.45) is 0 Å². The number of halogens is 1. The molecule has 1 aliphatic heterocycles. The topological polar surface area (TPSA) is 44.4 Å². The minimum Gasteiger partial charge on any atom is -0.351 e. The average molecular weight is 282 g/mol. The summed E-state index contributed by atoms with van der Waals surface area (Å²) >= 11 is 6.05. The van der Waals surface area contributed by atoms with Crippen molar-refractivity contribution < 1.29 is 4.79 Å². The Kier molecular flexibility index (Phi) is 5.19. The van der Waals surface area contributed by atoms with E-state index >= 15 is 0 Å². The molecule has 4 nitrogen and oxygen atoms in total. The van der Waals surface area contributed by atoms with Gasteiger partial charge in [0.05, 0.1) is 6.54 Å². The highest BCUT2D eigenvalue weighted by atomic mass is 35.5. The second-order valence-corrected chi connectivity index (χ2v) is 5.28. The molecule has 1 aromatic rings. The highest BCUT2D eigenvalue weighted by Gasteiger charge is 2.22. The fourth-order valence-corrected chi connectivity index (χ4v) is 2.51. The van der Waals surface area contributed by atoms with E-state index in [1.165, 1.54) is 0 Å². The van der Waals surface area contributed by atoms with E-state index in [1.54, 1.807) is 0 Å². The van der Waals surface area contributed by atoms with Gasteiger partial charge in [0.15, 0.2) is 0 Å². The molecule has 0 saturated carbocycles. The summed E-state index contributed by atoms with van der Waals surface area (Å²) in [6.45, 7) is 2.87. The Balaban J connectivity index is 1.75. The van der Waals surface area contributed by atoms with E-state index in [-0.39, 0.29) is 5.91 Å². The molecule has 5 heteroatoms. The number of carbonyl (C=O) groups is 1. The van der Waals surface area contributed by atoms with E-state index in [0.29, 0.717) is 24.2 Å². The molecule has 1 fully saturated rings. The third kappa shape index (κ3) is 4.20. The standard InChI is InChI=1S/C14H20ClN3O/c1-16-12-6-7-18(9-12)10-14(19)17-8-11-4-2-3-5-13(11)15/h2-5,12,16H,6-10H2,1H3,(H,17,19). The van der Waals surface area contributed by atoms with Crippen molar-refractivity contribution in [1.29, 1.82) is 0 Å². The normalized spacial score (nSPS) is 19.6. The van der Waals surface area contributed by atoms with Gasteiger partial charge in [-0.3, -0.25) is 9.69 Å². The first kappa shape index (κ1) is 14.3. The Morgan fingerprint density at radius 1 is 1.47 bits per heavy atom. The number of likely N-dealkylation sites (tertiary alicyclic amines) is 1. The minimum absolute atomic E-state index is 0.0525. The van der Waals surface area contributed by atoms with Gasteiger partial charge in [0.25, 0.3) is 0 Å². The lowest BCUT2D eigenvalue weighted by Crippen LogP contribution is -2.37. The van der Waals surface area contributed by atoms with E-state index in [2.05, 4.69) is 15.5 Å². The molecule has 1 amide bonds. The summed E-state index contributed by atoms with van der Waals surface area (Å²) in [6.07, 6.45) is 1.11. The molecule has 1 aliphatic rings. The fourth-order valence-electron chi connectivity index (χ4n) is 2.31. The molecule has 1 aromatic carbocycles. The molecule has 1 atom stereocenters. The molecule has 19 heavy (non-hydrogen) atoms. The first-order chi connectivity index (χ1) is 9.19. The summed E-state index contributed by atoms with van der Waals surface area (Å²) in [5, 5.41) is 6.85. The number of carbonyl (C=O) groups excluding carboxylic acids is 1. The Hall–Kier alpha value is -1.10. The van der Waals surface area contributed by atoms with Gasteiger partial charge in [-0.25, -0.2) is 0 Å². The summed E-state index contributed by atoms with van der Waals surface area (Å²) in [6, 6.07) is 8.08. The maximum atomic E-state index is 11.9. The average Bonchev–Trinajstić information content (AvgIpc) is 2.85. The van der Waals surface area contributed by atoms with Crippen molar-refractivity contribution in [2.45, 2.75) is 19.0 Å². The lowest BCUT2D eigenvalue weighted by Gasteiger charge is -2.15. The van der Waals surface area contributed by atoms with Crippen LogP contribution in [0.2, 0.25) is 5.02 Å². The second kappa shape index (κ2) is 6.89. The highest BCUT2D eigenvalue weighted by Crippen LogP contribution is 2.14. The van der Waals surface area contributed by atoms with Gasteiger partial charge < -0.3 is 10.6 Å². The summed E-state index contributed by atoms with van der Waals surface area (Å²) < 4.78 is 0. The Morgan fingerprint density at radius 3 is 2.95 bits per heavy atom. The number of hydrogen-bond acceptors (Lipinski definition) is 3. The van der Waals surface area contributed by atoms with Crippen LogP contribution in [0.5, 0.6) is 0 Å². The van der Waals surface area contributed by atoms with Crippen LogP contribution in [0.3, 0.4) is 0 Å². The van der Waals surface area contributed by atoms with Crippen LogP contribution >= 0.6 is 11.6 Å². The van der Waals surface area contributed by atoms with Crippen LogP contribution in [0.15, 0.2) is 24.3 Å². The van der Waals surface area contributed by atoms with Crippen molar-refractivity contribution in [3.63, 3.8) is 0 Å². The Bertz CT molecular complexity index is 438. The summed E-state index contributed by atoms with van der Waals surface area (Å²) in [5.74, 6) is 0.0525. The summed E-state index contributed by atoms with van der Waals surface area (Å²) in [7, 11) is 1.96. The molecule has 1 heterocycles. The highest BCUT2D eigenvalue weighted by molar-refractivity contribution is 6.31. The number of nitrogens with one attached hydrogen (secondary N) is 2. The van der Waals surface area contributed by atoms with Crippen LogP contribution in [-0.4, -0.2) is 43.5 Å². The third-order valence-electron chi connectivity index (χ3n) is 3.48. The molecule has 0 bridgehead atoms. The van der Waals surface area contributed by atoms with Crippen molar-refractivity contribution in [3.8, 4) is 0 Å². The molecule has 0 aromatic heterocycles. The van der Waals surface area contributed by atoms with Crippen LogP contribution < -0.4 is 10.6 Å². The molecule has 1 unspecified atom stereocenters. The van der Waals surface area contributed by atoms with Gasteiger partial charge in [-0.05, 0) is 25.1 Å². The zero-order valence-corrected chi connectivity index (χ0v) is 11.9. The van der Waals surface area contributed by atoms with E-state index in [4.69, 9.17) is 11.6 Å². The van der Waals surface area contributed by atoms with Crippen molar-refractivity contribution in [1.82, 2.24) is 15.5 Å². The largest absolute Gasteiger partial charge is 0.351 e. The van der Waals surface area contributed by atoms with Crippen LogP contribution in [0.4, 0.5) is 0 Å². The maximum Gasteiger partial charge on any atom is 0.234 e. The number of hydrogen-bond donors (Lipinski definition) is 2. The van der Waals surface area contributed by atoms with E-state index in [0.717, 1.165) is 25.1 Å². The number of nitrogens with zero attached hydrogens (tertiary/aromatic N) is 1. The van der Waals surface area contributed by atoms with Crippen LogP contribution in [0, 0.1) is 0 Å². The third-order valence-corrected chi connectivity index (χ3v) is 3.85. The molecule has 104 valence electrons. The van der Waals surface area contributed by atoms with Gasteiger partial charge in [0, 0.05) is 30.7 Å². The molecule has 1 saturated heterocycles. The van der Waals surface area contributed by atoms with Gasteiger partial charge in [0.2, 0.25) is 5.91 Å². The Labute approximate surface area is 119 Å².